The Hall–Kier alpha value is -1.84. The first-order chi connectivity index (χ1) is 11.8. The number of rotatable bonds is 7. The predicted molar refractivity (Wildman–Crippen MR) is 92.2 cm³/mol. The molecule has 5 nitrogen and oxygen atoms in total. The molecule has 0 radical (unpaired) electrons. The molecule has 2 N–H and O–H groups in total. The minimum absolute atomic E-state index is 0.0486. The van der Waals surface area contributed by atoms with E-state index >= 15 is 0 Å². The summed E-state index contributed by atoms with van der Waals surface area (Å²) in [5, 5.41) is 2.47. The molecule has 1 amide bonds. The summed E-state index contributed by atoms with van der Waals surface area (Å²) in [6.07, 6.45) is -0.104. The van der Waals surface area contributed by atoms with Crippen molar-refractivity contribution in [3.8, 4) is 0 Å². The maximum atomic E-state index is 13.0. The molecule has 25 heavy (non-hydrogen) atoms. The van der Waals surface area contributed by atoms with E-state index in [1.54, 1.807) is 12.1 Å². The fourth-order valence-electron chi connectivity index (χ4n) is 2.00. The van der Waals surface area contributed by atoms with Crippen LogP contribution in [0.2, 0.25) is 0 Å². The smallest absolute Gasteiger partial charge is 0.240 e. The largest absolute Gasteiger partial charge is 0.352 e. The van der Waals surface area contributed by atoms with Crippen LogP contribution in [-0.2, 0) is 21.4 Å². The molecule has 2 aromatic carbocycles. The maximum Gasteiger partial charge on any atom is 0.240 e. The van der Waals surface area contributed by atoms with Crippen molar-refractivity contribution < 1.29 is 22.0 Å². The van der Waals surface area contributed by atoms with Crippen LogP contribution in [0.4, 0.5) is 8.78 Å². The molecule has 0 saturated carbocycles. The molecule has 0 heterocycles. The lowest BCUT2D eigenvalue weighted by atomic mass is 10.2. The average molecular weight is 433 g/mol. The molecule has 9 heteroatoms. The van der Waals surface area contributed by atoms with Gasteiger partial charge in [-0.3, -0.25) is 4.79 Å². The number of benzene rings is 2. The Morgan fingerprint density at radius 1 is 1.04 bits per heavy atom. The van der Waals surface area contributed by atoms with Crippen molar-refractivity contribution in [2.24, 2.45) is 0 Å². The summed E-state index contributed by atoms with van der Waals surface area (Å²) < 4.78 is 53.2. The molecule has 2 aromatic rings. The predicted octanol–water partition coefficient (Wildman–Crippen LogP) is 2.71. The summed E-state index contributed by atoms with van der Waals surface area (Å²) in [4.78, 5) is 11.8. The first-order valence-corrected chi connectivity index (χ1v) is 9.51. The Morgan fingerprint density at radius 2 is 1.64 bits per heavy atom. The Kier molecular flexibility index (Phi) is 6.63. The van der Waals surface area contributed by atoms with Gasteiger partial charge in [0.25, 0.3) is 0 Å². The van der Waals surface area contributed by atoms with Gasteiger partial charge < -0.3 is 5.32 Å². The molecule has 0 aliphatic rings. The summed E-state index contributed by atoms with van der Waals surface area (Å²) in [5.41, 5.74) is 0.279. The Morgan fingerprint density at radius 3 is 2.24 bits per heavy atom. The van der Waals surface area contributed by atoms with E-state index in [-0.39, 0.29) is 30.0 Å². The fraction of sp³-hybridized carbons (Fsp3) is 0.188. The van der Waals surface area contributed by atoms with Gasteiger partial charge in [0.2, 0.25) is 15.9 Å². The third-order valence-electron chi connectivity index (χ3n) is 3.18. The van der Waals surface area contributed by atoms with Gasteiger partial charge in [0.1, 0.15) is 11.6 Å². The third kappa shape index (κ3) is 6.18. The van der Waals surface area contributed by atoms with Crippen LogP contribution in [0.15, 0.2) is 51.8 Å². The number of carbonyl (C=O) groups excluding carboxylic acids is 1. The first kappa shape index (κ1) is 19.5. The number of hydrogen-bond acceptors (Lipinski definition) is 3. The minimum Gasteiger partial charge on any atom is -0.352 e. The van der Waals surface area contributed by atoms with Gasteiger partial charge in [-0.2, -0.15) is 0 Å². The SMILES string of the molecule is O=C(CCNS(=O)(=O)c1ccc(Br)cc1)NCc1cc(F)cc(F)c1. The molecular weight excluding hydrogens is 418 g/mol. The normalized spacial score (nSPS) is 11.3. The van der Waals surface area contributed by atoms with E-state index in [0.717, 1.165) is 22.7 Å². The quantitative estimate of drug-likeness (QED) is 0.705. The van der Waals surface area contributed by atoms with Crippen molar-refractivity contribution in [2.45, 2.75) is 17.9 Å². The van der Waals surface area contributed by atoms with Gasteiger partial charge in [0, 0.05) is 30.0 Å². The molecule has 0 aliphatic carbocycles. The zero-order valence-electron chi connectivity index (χ0n) is 12.9. The number of amides is 1. The lowest BCUT2D eigenvalue weighted by Gasteiger charge is -2.08. The lowest BCUT2D eigenvalue weighted by Crippen LogP contribution is -2.30. The van der Waals surface area contributed by atoms with Gasteiger partial charge >= 0.3 is 0 Å². The van der Waals surface area contributed by atoms with Gasteiger partial charge in [0.05, 0.1) is 4.90 Å². The standard InChI is InChI=1S/C16H15BrF2N2O3S/c17-12-1-3-15(4-2-12)25(23,24)21-6-5-16(22)20-10-11-7-13(18)9-14(19)8-11/h1-4,7-9,21H,5-6,10H2,(H,20,22). The monoisotopic (exact) mass is 432 g/mol. The van der Waals surface area contributed by atoms with E-state index in [4.69, 9.17) is 0 Å². The number of carbonyl (C=O) groups is 1. The van der Waals surface area contributed by atoms with Crippen LogP contribution < -0.4 is 10.0 Å². The number of sulfonamides is 1. The molecule has 0 saturated heterocycles. The van der Waals surface area contributed by atoms with Gasteiger partial charge in [-0.15, -0.1) is 0 Å². The Bertz CT molecular complexity index is 838. The first-order valence-electron chi connectivity index (χ1n) is 7.23. The summed E-state index contributed by atoms with van der Waals surface area (Å²) in [5.74, 6) is -1.90. The molecule has 0 aromatic heterocycles. The van der Waals surface area contributed by atoms with Crippen LogP contribution in [0.1, 0.15) is 12.0 Å². The second-order valence-electron chi connectivity index (χ2n) is 5.16. The highest BCUT2D eigenvalue weighted by molar-refractivity contribution is 9.10. The van der Waals surface area contributed by atoms with E-state index in [1.807, 2.05) is 0 Å². The zero-order chi connectivity index (χ0) is 18.4. The van der Waals surface area contributed by atoms with Crippen molar-refractivity contribution in [2.75, 3.05) is 6.54 Å². The molecule has 0 aliphatic heterocycles. The van der Waals surface area contributed by atoms with Crippen molar-refractivity contribution in [3.05, 3.63) is 64.1 Å². The maximum absolute atomic E-state index is 13.0. The second-order valence-corrected chi connectivity index (χ2v) is 7.84. The van der Waals surface area contributed by atoms with Gasteiger partial charge in [-0.25, -0.2) is 21.9 Å². The fourth-order valence-corrected chi connectivity index (χ4v) is 3.29. The van der Waals surface area contributed by atoms with Crippen molar-refractivity contribution in [3.63, 3.8) is 0 Å². The number of nitrogens with one attached hydrogen (secondary N) is 2. The molecule has 2 rings (SSSR count). The molecule has 0 fully saturated rings. The zero-order valence-corrected chi connectivity index (χ0v) is 15.3. The summed E-state index contributed by atoms with van der Waals surface area (Å²) in [7, 11) is -3.70. The molecule has 0 unspecified atom stereocenters. The van der Waals surface area contributed by atoms with Crippen LogP contribution in [0.25, 0.3) is 0 Å². The summed E-state index contributed by atoms with van der Waals surface area (Å²) in [6.45, 7) is -0.144. The van der Waals surface area contributed by atoms with Crippen LogP contribution in [0.3, 0.4) is 0 Å². The van der Waals surface area contributed by atoms with E-state index in [9.17, 15) is 22.0 Å². The number of halogens is 3. The highest BCUT2D eigenvalue weighted by atomic mass is 79.9. The van der Waals surface area contributed by atoms with E-state index < -0.39 is 27.6 Å². The van der Waals surface area contributed by atoms with Gasteiger partial charge in [-0.05, 0) is 42.0 Å². The highest BCUT2D eigenvalue weighted by Gasteiger charge is 2.14. The van der Waals surface area contributed by atoms with E-state index in [2.05, 4.69) is 26.0 Å². The summed E-state index contributed by atoms with van der Waals surface area (Å²) in [6, 6.07) is 9.02. The van der Waals surface area contributed by atoms with Gasteiger partial charge in [0.15, 0.2) is 0 Å². The summed E-state index contributed by atoms with van der Waals surface area (Å²) >= 11 is 3.21. The van der Waals surface area contributed by atoms with Crippen molar-refractivity contribution in [1.29, 1.82) is 0 Å². The highest BCUT2D eigenvalue weighted by Crippen LogP contribution is 2.14. The topological polar surface area (TPSA) is 75.3 Å². The van der Waals surface area contributed by atoms with Gasteiger partial charge in [-0.1, -0.05) is 15.9 Å². The Balaban J connectivity index is 1.81. The van der Waals surface area contributed by atoms with Crippen LogP contribution >= 0.6 is 15.9 Å². The lowest BCUT2D eigenvalue weighted by molar-refractivity contribution is -0.121. The van der Waals surface area contributed by atoms with Crippen molar-refractivity contribution in [1.82, 2.24) is 10.0 Å². The molecule has 0 atom stereocenters. The van der Waals surface area contributed by atoms with Crippen molar-refractivity contribution >= 4 is 31.9 Å². The molecular formula is C16H15BrF2N2O3S. The third-order valence-corrected chi connectivity index (χ3v) is 5.19. The molecule has 0 spiro atoms. The Labute approximate surface area is 152 Å². The van der Waals surface area contributed by atoms with Crippen LogP contribution in [0, 0.1) is 11.6 Å². The molecule has 134 valence electrons. The minimum atomic E-state index is -3.70. The number of hydrogen-bond donors (Lipinski definition) is 2. The molecule has 0 bridgehead atoms. The van der Waals surface area contributed by atoms with E-state index in [1.165, 1.54) is 12.1 Å². The second kappa shape index (κ2) is 8.50. The average Bonchev–Trinajstić information content (AvgIpc) is 2.52. The van der Waals surface area contributed by atoms with Crippen LogP contribution in [0.5, 0.6) is 0 Å². The van der Waals surface area contributed by atoms with E-state index in [0.29, 0.717) is 0 Å². The van der Waals surface area contributed by atoms with Crippen LogP contribution in [-0.4, -0.2) is 20.9 Å².